The lowest BCUT2D eigenvalue weighted by molar-refractivity contribution is -0.385. The normalized spacial score (nSPS) is 18.1. The number of nitrogens with one attached hydrogen (secondary N) is 1. The predicted octanol–water partition coefficient (Wildman–Crippen LogP) is 3.13. The molecule has 1 saturated heterocycles. The number of ether oxygens (including phenoxy) is 1. The second-order valence-electron chi connectivity index (χ2n) is 7.93. The number of benzene rings is 1. The van der Waals surface area contributed by atoms with Gasteiger partial charge in [0.2, 0.25) is 5.91 Å². The molecule has 12 heteroatoms. The molecule has 1 atom stereocenters. The van der Waals surface area contributed by atoms with Crippen molar-refractivity contribution in [2.24, 2.45) is 11.8 Å². The van der Waals surface area contributed by atoms with Gasteiger partial charge in [0.1, 0.15) is 0 Å². The van der Waals surface area contributed by atoms with Gasteiger partial charge in [0.15, 0.2) is 6.10 Å². The molecule has 1 unspecified atom stereocenters. The Morgan fingerprint density at radius 3 is 2.31 bits per heavy atom. The summed E-state index contributed by atoms with van der Waals surface area (Å²) in [6, 6.07) is 1.93. The molecule has 2 fully saturated rings. The summed E-state index contributed by atoms with van der Waals surface area (Å²) in [5.74, 6) is -2.00. The first-order valence-electron chi connectivity index (χ1n) is 10.1. The fourth-order valence-corrected chi connectivity index (χ4v) is 3.47. The zero-order valence-corrected chi connectivity index (χ0v) is 17.2. The third-order valence-corrected chi connectivity index (χ3v) is 5.51. The van der Waals surface area contributed by atoms with Crippen molar-refractivity contribution in [3.05, 3.63) is 33.9 Å². The molecule has 1 N–H and O–H groups in total. The van der Waals surface area contributed by atoms with Crippen molar-refractivity contribution in [1.82, 2.24) is 4.90 Å². The molecule has 1 aliphatic heterocycles. The third kappa shape index (κ3) is 5.54. The molecule has 2 amide bonds. The zero-order chi connectivity index (χ0) is 23.6. The number of hydrogen-bond donors (Lipinski definition) is 1. The van der Waals surface area contributed by atoms with Crippen LogP contribution in [-0.4, -0.2) is 46.8 Å². The van der Waals surface area contributed by atoms with E-state index in [1.807, 2.05) is 5.32 Å². The molecular formula is C20H22F3N3O6. The summed E-state index contributed by atoms with van der Waals surface area (Å²) in [6.07, 6.45) is -3.79. The van der Waals surface area contributed by atoms with Crippen molar-refractivity contribution in [1.29, 1.82) is 0 Å². The smallest absolute Gasteiger partial charge is 0.418 e. The van der Waals surface area contributed by atoms with Crippen LogP contribution in [0.3, 0.4) is 0 Å². The molecule has 0 bridgehead atoms. The molecule has 1 aromatic rings. The number of rotatable bonds is 6. The van der Waals surface area contributed by atoms with E-state index >= 15 is 0 Å². The number of carbonyl (C=O) groups is 3. The number of nitro benzene ring substituents is 1. The minimum absolute atomic E-state index is 0.0863. The number of piperidine rings is 1. The number of anilines is 1. The van der Waals surface area contributed by atoms with Crippen molar-refractivity contribution in [3.63, 3.8) is 0 Å². The van der Waals surface area contributed by atoms with Crippen LogP contribution in [0.2, 0.25) is 0 Å². The van der Waals surface area contributed by atoms with Gasteiger partial charge >= 0.3 is 12.1 Å². The average molecular weight is 457 g/mol. The van der Waals surface area contributed by atoms with Crippen LogP contribution in [0, 0.1) is 22.0 Å². The van der Waals surface area contributed by atoms with Gasteiger partial charge in [-0.05, 0) is 38.7 Å². The van der Waals surface area contributed by atoms with E-state index in [4.69, 9.17) is 4.74 Å². The molecule has 9 nitrogen and oxygen atoms in total. The Labute approximate surface area is 181 Å². The topological polar surface area (TPSA) is 119 Å². The summed E-state index contributed by atoms with van der Waals surface area (Å²) in [4.78, 5) is 48.3. The van der Waals surface area contributed by atoms with E-state index in [9.17, 15) is 37.7 Å². The number of esters is 1. The van der Waals surface area contributed by atoms with E-state index < -0.39 is 51.9 Å². The number of nitro groups is 1. The Morgan fingerprint density at radius 1 is 1.16 bits per heavy atom. The fraction of sp³-hybridized carbons (Fsp3) is 0.550. The highest BCUT2D eigenvalue weighted by Crippen LogP contribution is 2.37. The number of likely N-dealkylation sites (tertiary alicyclic amines) is 1. The van der Waals surface area contributed by atoms with Gasteiger partial charge in [0.05, 0.1) is 22.1 Å². The molecule has 0 spiro atoms. The second kappa shape index (κ2) is 9.13. The number of alkyl halides is 3. The number of non-ortho nitro benzene ring substituents is 1. The minimum Gasteiger partial charge on any atom is -0.452 e. The monoisotopic (exact) mass is 457 g/mol. The summed E-state index contributed by atoms with van der Waals surface area (Å²) < 4.78 is 44.9. The van der Waals surface area contributed by atoms with Crippen LogP contribution in [0.4, 0.5) is 24.5 Å². The Hall–Kier alpha value is -3.18. The van der Waals surface area contributed by atoms with Crippen LogP contribution in [0.5, 0.6) is 0 Å². The molecule has 2 aliphatic rings. The molecule has 174 valence electrons. The Balaban J connectivity index is 1.57. The Morgan fingerprint density at radius 2 is 1.78 bits per heavy atom. The lowest BCUT2D eigenvalue weighted by Crippen LogP contribution is -2.42. The third-order valence-electron chi connectivity index (χ3n) is 5.51. The van der Waals surface area contributed by atoms with Crippen LogP contribution < -0.4 is 5.32 Å². The van der Waals surface area contributed by atoms with E-state index in [2.05, 4.69) is 0 Å². The summed E-state index contributed by atoms with van der Waals surface area (Å²) in [5.41, 5.74) is -2.84. The number of nitrogens with zero attached hydrogens (tertiary/aromatic N) is 2. The van der Waals surface area contributed by atoms with Crippen molar-refractivity contribution in [2.75, 3.05) is 18.4 Å². The maximum atomic E-state index is 13.3. The summed E-state index contributed by atoms with van der Waals surface area (Å²) in [7, 11) is 0. The molecule has 0 aromatic heterocycles. The predicted molar refractivity (Wildman–Crippen MR) is 104 cm³/mol. The molecular weight excluding hydrogens is 435 g/mol. The Bertz CT molecular complexity index is 924. The highest BCUT2D eigenvalue weighted by atomic mass is 19.4. The van der Waals surface area contributed by atoms with Gasteiger partial charge in [-0.2, -0.15) is 13.2 Å². The van der Waals surface area contributed by atoms with Crippen molar-refractivity contribution < 1.29 is 37.2 Å². The number of hydrogen-bond acceptors (Lipinski definition) is 6. The van der Waals surface area contributed by atoms with E-state index in [0.717, 1.165) is 25.0 Å². The maximum absolute atomic E-state index is 13.3. The van der Waals surface area contributed by atoms with Crippen LogP contribution in [0.15, 0.2) is 18.2 Å². The van der Waals surface area contributed by atoms with Crippen molar-refractivity contribution >= 4 is 29.2 Å². The maximum Gasteiger partial charge on any atom is 0.418 e. The molecule has 3 rings (SSSR count). The quantitative estimate of drug-likeness (QED) is 0.398. The molecule has 1 saturated carbocycles. The first kappa shape index (κ1) is 23.5. The van der Waals surface area contributed by atoms with Crippen LogP contribution >= 0.6 is 0 Å². The van der Waals surface area contributed by atoms with Crippen molar-refractivity contribution in [2.45, 2.75) is 44.9 Å². The standard InChI is InChI=1S/C20H22F3N3O6/c1-11(32-19(29)13-6-8-25(9-7-13)18(28)12-2-3-12)17(27)24-16-5-4-14(26(30)31)10-15(16)20(21,22)23/h4-5,10-13H,2-3,6-9H2,1H3,(H,24,27). The van der Waals surface area contributed by atoms with E-state index in [0.29, 0.717) is 32.0 Å². The SMILES string of the molecule is CC(OC(=O)C1CCN(C(=O)C2CC2)CC1)C(=O)Nc1ccc([N+](=O)[O-])cc1C(F)(F)F. The molecule has 1 aromatic carbocycles. The first-order valence-corrected chi connectivity index (χ1v) is 10.1. The van der Waals surface area contributed by atoms with Gasteiger partial charge in [-0.15, -0.1) is 0 Å². The van der Waals surface area contributed by atoms with Gasteiger partial charge in [0.25, 0.3) is 11.6 Å². The summed E-state index contributed by atoms with van der Waals surface area (Å²) in [5, 5.41) is 12.8. The number of halogens is 3. The zero-order valence-electron chi connectivity index (χ0n) is 17.2. The minimum atomic E-state index is -4.94. The van der Waals surface area contributed by atoms with E-state index in [1.54, 1.807) is 4.90 Å². The van der Waals surface area contributed by atoms with Crippen LogP contribution in [-0.2, 0) is 25.3 Å². The van der Waals surface area contributed by atoms with Gasteiger partial charge in [-0.3, -0.25) is 24.5 Å². The first-order chi connectivity index (χ1) is 15.0. The average Bonchev–Trinajstić information content (AvgIpc) is 3.58. The molecule has 1 aliphatic carbocycles. The highest BCUT2D eigenvalue weighted by molar-refractivity contribution is 5.96. The van der Waals surface area contributed by atoms with Crippen LogP contribution in [0.25, 0.3) is 0 Å². The molecule has 32 heavy (non-hydrogen) atoms. The van der Waals surface area contributed by atoms with E-state index in [1.165, 1.54) is 6.92 Å². The summed E-state index contributed by atoms with van der Waals surface area (Å²) in [6.45, 7) is 2.04. The van der Waals surface area contributed by atoms with Crippen molar-refractivity contribution in [3.8, 4) is 0 Å². The second-order valence-corrected chi connectivity index (χ2v) is 7.93. The van der Waals surface area contributed by atoms with E-state index in [-0.39, 0.29) is 11.8 Å². The van der Waals surface area contributed by atoms with Gasteiger partial charge in [0, 0.05) is 31.1 Å². The van der Waals surface area contributed by atoms with Gasteiger partial charge in [-0.25, -0.2) is 0 Å². The summed E-state index contributed by atoms with van der Waals surface area (Å²) >= 11 is 0. The largest absolute Gasteiger partial charge is 0.452 e. The number of amides is 2. The van der Waals surface area contributed by atoms with Gasteiger partial charge < -0.3 is 15.0 Å². The fourth-order valence-electron chi connectivity index (χ4n) is 3.47. The van der Waals surface area contributed by atoms with Gasteiger partial charge in [-0.1, -0.05) is 0 Å². The number of carbonyl (C=O) groups excluding carboxylic acids is 3. The highest BCUT2D eigenvalue weighted by Gasteiger charge is 2.38. The molecule has 0 radical (unpaired) electrons. The Kier molecular flexibility index (Phi) is 6.70. The van der Waals surface area contributed by atoms with Crippen LogP contribution in [0.1, 0.15) is 38.2 Å². The lowest BCUT2D eigenvalue weighted by atomic mass is 9.96. The molecule has 1 heterocycles. The lowest BCUT2D eigenvalue weighted by Gasteiger charge is -2.31.